The molecule has 0 bridgehead atoms. The molecule has 5 heteroatoms. The Morgan fingerprint density at radius 2 is 1.80 bits per heavy atom. The first-order chi connectivity index (χ1) is 12.1. The minimum atomic E-state index is -0.382. The summed E-state index contributed by atoms with van der Waals surface area (Å²) in [4.78, 5) is 26.7. The molecule has 1 aromatic carbocycles. The Bertz CT molecular complexity index is 584. The van der Waals surface area contributed by atoms with Crippen molar-refractivity contribution in [3.8, 4) is 0 Å². The van der Waals surface area contributed by atoms with Gasteiger partial charge in [0.05, 0.1) is 0 Å². The quantitative estimate of drug-likeness (QED) is 0.863. The average Bonchev–Trinajstić information content (AvgIpc) is 3.15. The highest BCUT2D eigenvalue weighted by Gasteiger charge is 2.33. The second kappa shape index (κ2) is 8.37. The number of hydrogen-bond donors (Lipinski definition) is 2. The van der Waals surface area contributed by atoms with Crippen LogP contribution < -0.4 is 15.5 Å². The minimum absolute atomic E-state index is 0.0120. The molecule has 2 fully saturated rings. The summed E-state index contributed by atoms with van der Waals surface area (Å²) in [6.07, 6.45) is 6.41. The largest absolute Gasteiger partial charge is 0.369 e. The molecule has 25 heavy (non-hydrogen) atoms. The number of hydrogen-bond acceptors (Lipinski definition) is 3. The SMILES string of the molecule is CC(=O)NC(C(=O)NC1CCCN(c2ccccc2)C1)C1CCCC1. The molecule has 0 spiro atoms. The van der Waals surface area contributed by atoms with Crippen molar-refractivity contribution in [2.24, 2.45) is 5.92 Å². The predicted octanol–water partition coefficient (Wildman–Crippen LogP) is 2.47. The summed E-state index contributed by atoms with van der Waals surface area (Å²) >= 11 is 0. The third-order valence-corrected chi connectivity index (χ3v) is 5.40. The third-order valence-electron chi connectivity index (χ3n) is 5.40. The lowest BCUT2D eigenvalue weighted by atomic mass is 9.96. The lowest BCUT2D eigenvalue weighted by Gasteiger charge is -2.36. The molecule has 0 aromatic heterocycles. The fourth-order valence-electron chi connectivity index (χ4n) is 4.17. The van der Waals surface area contributed by atoms with Gasteiger partial charge in [-0.25, -0.2) is 0 Å². The van der Waals surface area contributed by atoms with Gasteiger partial charge < -0.3 is 15.5 Å². The summed E-state index contributed by atoms with van der Waals surface area (Å²) in [5.41, 5.74) is 1.20. The number of para-hydroxylation sites is 1. The maximum atomic E-state index is 12.8. The molecular formula is C20H29N3O2. The summed E-state index contributed by atoms with van der Waals surface area (Å²) in [5, 5.41) is 6.10. The Balaban J connectivity index is 1.61. The van der Waals surface area contributed by atoms with Crippen molar-refractivity contribution >= 4 is 17.5 Å². The second-order valence-corrected chi connectivity index (χ2v) is 7.35. The first kappa shape index (κ1) is 17.8. The maximum absolute atomic E-state index is 12.8. The number of carbonyl (C=O) groups excluding carboxylic acids is 2. The third kappa shape index (κ3) is 4.74. The fourth-order valence-corrected chi connectivity index (χ4v) is 4.17. The normalized spacial score (nSPS) is 22.4. The number of anilines is 1. The van der Waals surface area contributed by atoms with E-state index in [-0.39, 0.29) is 29.8 Å². The number of piperidine rings is 1. The molecule has 0 radical (unpaired) electrons. The first-order valence-electron chi connectivity index (χ1n) is 9.51. The van der Waals surface area contributed by atoms with E-state index < -0.39 is 0 Å². The van der Waals surface area contributed by atoms with E-state index in [4.69, 9.17) is 0 Å². The average molecular weight is 343 g/mol. The highest BCUT2D eigenvalue weighted by Crippen LogP contribution is 2.28. The summed E-state index contributed by atoms with van der Waals surface area (Å²) in [7, 11) is 0. The lowest BCUT2D eigenvalue weighted by molar-refractivity contribution is -0.130. The Morgan fingerprint density at radius 3 is 2.48 bits per heavy atom. The van der Waals surface area contributed by atoms with E-state index in [1.165, 1.54) is 12.6 Å². The molecule has 1 aliphatic heterocycles. The van der Waals surface area contributed by atoms with Crippen LogP contribution in [-0.2, 0) is 9.59 Å². The van der Waals surface area contributed by atoms with Crippen molar-refractivity contribution in [1.82, 2.24) is 10.6 Å². The van der Waals surface area contributed by atoms with Gasteiger partial charge in [-0.3, -0.25) is 9.59 Å². The molecule has 136 valence electrons. The van der Waals surface area contributed by atoms with Crippen LogP contribution in [0.4, 0.5) is 5.69 Å². The van der Waals surface area contributed by atoms with Crippen molar-refractivity contribution in [3.05, 3.63) is 30.3 Å². The van der Waals surface area contributed by atoms with Crippen molar-refractivity contribution < 1.29 is 9.59 Å². The van der Waals surface area contributed by atoms with Gasteiger partial charge in [0.2, 0.25) is 11.8 Å². The molecule has 2 unspecified atom stereocenters. The number of benzene rings is 1. The molecule has 1 heterocycles. The van der Waals surface area contributed by atoms with Gasteiger partial charge in [0, 0.05) is 31.7 Å². The van der Waals surface area contributed by atoms with Crippen LogP contribution in [0.2, 0.25) is 0 Å². The molecule has 2 N–H and O–H groups in total. The number of amides is 2. The van der Waals surface area contributed by atoms with Gasteiger partial charge in [-0.2, -0.15) is 0 Å². The standard InChI is InChI=1S/C20H29N3O2/c1-15(24)21-19(16-8-5-6-9-16)20(25)22-17-10-7-13-23(14-17)18-11-3-2-4-12-18/h2-4,11-12,16-17,19H,5-10,13-14H2,1H3,(H,21,24)(H,22,25). The monoisotopic (exact) mass is 343 g/mol. The Hall–Kier alpha value is -2.04. The number of nitrogens with zero attached hydrogens (tertiary/aromatic N) is 1. The van der Waals surface area contributed by atoms with Gasteiger partial charge in [0.15, 0.2) is 0 Å². The van der Waals surface area contributed by atoms with Gasteiger partial charge in [-0.15, -0.1) is 0 Å². The van der Waals surface area contributed by atoms with E-state index in [1.807, 2.05) is 18.2 Å². The number of carbonyl (C=O) groups is 2. The van der Waals surface area contributed by atoms with Gasteiger partial charge in [-0.05, 0) is 43.7 Å². The van der Waals surface area contributed by atoms with Crippen LogP contribution in [0, 0.1) is 5.92 Å². The highest BCUT2D eigenvalue weighted by atomic mass is 16.2. The van der Waals surface area contributed by atoms with E-state index in [0.29, 0.717) is 0 Å². The smallest absolute Gasteiger partial charge is 0.243 e. The molecule has 1 aromatic rings. The molecule has 1 saturated heterocycles. The summed E-state index contributed by atoms with van der Waals surface area (Å²) < 4.78 is 0. The molecular weight excluding hydrogens is 314 g/mol. The number of rotatable bonds is 5. The Kier molecular flexibility index (Phi) is 5.95. The lowest BCUT2D eigenvalue weighted by Crippen LogP contribution is -2.55. The van der Waals surface area contributed by atoms with Crippen LogP contribution in [0.1, 0.15) is 45.4 Å². The zero-order valence-corrected chi connectivity index (χ0v) is 15.0. The molecule has 2 amide bonds. The summed E-state index contributed by atoms with van der Waals surface area (Å²) in [6, 6.07) is 10.1. The van der Waals surface area contributed by atoms with Gasteiger partial charge in [0.25, 0.3) is 0 Å². The zero-order chi connectivity index (χ0) is 17.6. The van der Waals surface area contributed by atoms with E-state index in [1.54, 1.807) is 0 Å². The van der Waals surface area contributed by atoms with Crippen LogP contribution in [0.5, 0.6) is 0 Å². The first-order valence-corrected chi connectivity index (χ1v) is 9.51. The zero-order valence-electron chi connectivity index (χ0n) is 15.0. The Labute approximate surface area is 150 Å². The van der Waals surface area contributed by atoms with Crippen LogP contribution in [0.15, 0.2) is 30.3 Å². The topological polar surface area (TPSA) is 61.4 Å². The van der Waals surface area contributed by atoms with Crippen LogP contribution in [0.25, 0.3) is 0 Å². The van der Waals surface area contributed by atoms with Crippen molar-refractivity contribution in [2.75, 3.05) is 18.0 Å². The molecule has 2 atom stereocenters. The fraction of sp³-hybridized carbons (Fsp3) is 0.600. The van der Waals surface area contributed by atoms with Crippen molar-refractivity contribution in [1.29, 1.82) is 0 Å². The molecule has 1 aliphatic carbocycles. The highest BCUT2D eigenvalue weighted by molar-refractivity contribution is 5.87. The van der Waals surface area contributed by atoms with Gasteiger partial charge >= 0.3 is 0 Å². The van der Waals surface area contributed by atoms with Crippen molar-refractivity contribution in [3.63, 3.8) is 0 Å². The predicted molar refractivity (Wildman–Crippen MR) is 99.4 cm³/mol. The van der Waals surface area contributed by atoms with E-state index in [0.717, 1.165) is 51.6 Å². The summed E-state index contributed by atoms with van der Waals surface area (Å²) in [6.45, 7) is 3.34. The minimum Gasteiger partial charge on any atom is -0.369 e. The Morgan fingerprint density at radius 1 is 1.08 bits per heavy atom. The molecule has 3 rings (SSSR count). The van der Waals surface area contributed by atoms with Crippen LogP contribution >= 0.6 is 0 Å². The summed E-state index contributed by atoms with van der Waals surface area (Å²) in [5.74, 6) is 0.140. The second-order valence-electron chi connectivity index (χ2n) is 7.35. The van der Waals surface area contributed by atoms with E-state index in [9.17, 15) is 9.59 Å². The van der Waals surface area contributed by atoms with Gasteiger partial charge in [-0.1, -0.05) is 31.0 Å². The molecule has 1 saturated carbocycles. The number of nitrogens with one attached hydrogen (secondary N) is 2. The maximum Gasteiger partial charge on any atom is 0.243 e. The van der Waals surface area contributed by atoms with Crippen LogP contribution in [0.3, 0.4) is 0 Å². The van der Waals surface area contributed by atoms with Crippen molar-refractivity contribution in [2.45, 2.75) is 57.5 Å². The van der Waals surface area contributed by atoms with Crippen LogP contribution in [-0.4, -0.2) is 37.0 Å². The van der Waals surface area contributed by atoms with E-state index in [2.05, 4.69) is 27.7 Å². The van der Waals surface area contributed by atoms with E-state index >= 15 is 0 Å². The van der Waals surface area contributed by atoms with Gasteiger partial charge in [0.1, 0.15) is 6.04 Å². The molecule has 5 nitrogen and oxygen atoms in total. The molecule has 2 aliphatic rings.